The fourth-order valence-corrected chi connectivity index (χ4v) is 6.67. The monoisotopic (exact) mass is 395 g/mol. The van der Waals surface area contributed by atoms with Crippen LogP contribution in [0.3, 0.4) is 0 Å². The second kappa shape index (κ2) is 7.39. The summed E-state index contributed by atoms with van der Waals surface area (Å²) in [5.41, 5.74) is 0.151. The molecular formula is C19H29N3O4S. The van der Waals surface area contributed by atoms with Gasteiger partial charge in [-0.2, -0.15) is 0 Å². The van der Waals surface area contributed by atoms with Gasteiger partial charge in [0.1, 0.15) is 5.70 Å². The first-order chi connectivity index (χ1) is 12.9. The maximum atomic E-state index is 12.4. The highest BCUT2D eigenvalue weighted by Gasteiger charge is 2.60. The van der Waals surface area contributed by atoms with Gasteiger partial charge in [-0.05, 0) is 45.3 Å². The largest absolute Gasteiger partial charge is 0.477 e. The van der Waals surface area contributed by atoms with Gasteiger partial charge >= 0.3 is 5.97 Å². The Labute approximate surface area is 164 Å². The number of rotatable bonds is 6. The van der Waals surface area contributed by atoms with E-state index in [0.29, 0.717) is 5.25 Å². The van der Waals surface area contributed by atoms with Gasteiger partial charge in [0.05, 0.1) is 18.1 Å². The molecule has 0 aromatic carbocycles. The van der Waals surface area contributed by atoms with Crippen LogP contribution in [0.15, 0.2) is 10.6 Å². The lowest BCUT2D eigenvalue weighted by atomic mass is 9.79. The van der Waals surface area contributed by atoms with Gasteiger partial charge in [-0.1, -0.05) is 6.92 Å². The summed E-state index contributed by atoms with van der Waals surface area (Å²) in [6.45, 7) is 8.96. The van der Waals surface area contributed by atoms with Crippen LogP contribution in [0.25, 0.3) is 0 Å². The van der Waals surface area contributed by atoms with Crippen molar-refractivity contribution in [1.29, 1.82) is 0 Å². The Morgan fingerprint density at radius 1 is 1.41 bits per heavy atom. The van der Waals surface area contributed by atoms with Gasteiger partial charge in [0.15, 0.2) is 0 Å². The van der Waals surface area contributed by atoms with Crippen LogP contribution in [-0.2, 0) is 9.59 Å². The lowest BCUT2D eigenvalue weighted by molar-refractivity contribution is -0.163. The fourth-order valence-electron chi connectivity index (χ4n) is 5.15. The second-order valence-electron chi connectivity index (χ2n) is 8.42. The molecule has 6 atom stereocenters. The molecule has 4 heterocycles. The summed E-state index contributed by atoms with van der Waals surface area (Å²) in [7, 11) is 0. The Morgan fingerprint density at radius 3 is 2.81 bits per heavy atom. The molecule has 0 bridgehead atoms. The van der Waals surface area contributed by atoms with E-state index in [1.165, 1.54) is 11.3 Å². The molecule has 0 spiro atoms. The van der Waals surface area contributed by atoms with E-state index >= 15 is 0 Å². The van der Waals surface area contributed by atoms with Gasteiger partial charge < -0.3 is 25.3 Å². The third-order valence-electron chi connectivity index (χ3n) is 6.51. The SMILES string of the molecule is C[C@@H](O)[C@H]1C(=O)N2C(C(=O)O)=C(S[C@@H]3CCN(C[C@@H]4CCNC4)C3)[C@H](C)[C@H]12. The average Bonchev–Trinajstić information content (AvgIpc) is 3.30. The van der Waals surface area contributed by atoms with E-state index in [1.807, 2.05) is 6.92 Å². The number of carbonyl (C=O) groups excluding carboxylic acids is 1. The number of aliphatic hydroxyl groups excluding tert-OH is 1. The fraction of sp³-hybridized carbons (Fsp3) is 0.789. The minimum atomic E-state index is -1.03. The molecule has 3 fully saturated rings. The van der Waals surface area contributed by atoms with Crippen LogP contribution in [0.5, 0.6) is 0 Å². The normalized spacial score (nSPS) is 37.7. The minimum absolute atomic E-state index is 0.0357. The number of amides is 1. The Hall–Kier alpha value is -1.09. The lowest BCUT2D eigenvalue weighted by Gasteiger charge is -2.46. The zero-order valence-corrected chi connectivity index (χ0v) is 16.7. The van der Waals surface area contributed by atoms with Crippen molar-refractivity contribution in [3.63, 3.8) is 0 Å². The number of carboxylic acids is 1. The topological polar surface area (TPSA) is 93.1 Å². The van der Waals surface area contributed by atoms with Gasteiger partial charge in [-0.25, -0.2) is 4.79 Å². The molecule has 0 saturated carbocycles. The number of fused-ring (bicyclic) bond motifs is 1. The highest BCUT2D eigenvalue weighted by atomic mass is 32.2. The van der Waals surface area contributed by atoms with Gasteiger partial charge in [-0.3, -0.25) is 4.79 Å². The molecule has 0 radical (unpaired) electrons. The zero-order chi connectivity index (χ0) is 19.3. The van der Waals surface area contributed by atoms with Crippen molar-refractivity contribution >= 4 is 23.6 Å². The van der Waals surface area contributed by atoms with Crippen LogP contribution < -0.4 is 5.32 Å². The molecule has 0 aromatic rings. The zero-order valence-electron chi connectivity index (χ0n) is 15.9. The van der Waals surface area contributed by atoms with Crippen LogP contribution in [0.2, 0.25) is 0 Å². The second-order valence-corrected chi connectivity index (χ2v) is 9.76. The number of thioether (sulfide) groups is 1. The maximum Gasteiger partial charge on any atom is 0.353 e. The van der Waals surface area contributed by atoms with E-state index in [1.54, 1.807) is 18.7 Å². The van der Waals surface area contributed by atoms with Gasteiger partial charge in [-0.15, -0.1) is 11.8 Å². The molecular weight excluding hydrogens is 366 g/mol. The number of nitrogens with one attached hydrogen (secondary N) is 1. The van der Waals surface area contributed by atoms with E-state index in [2.05, 4.69) is 10.2 Å². The summed E-state index contributed by atoms with van der Waals surface area (Å²) in [6, 6.07) is -0.215. The molecule has 1 amide bonds. The average molecular weight is 396 g/mol. The number of carboxylic acid groups (broad SMARTS) is 1. The van der Waals surface area contributed by atoms with Crippen molar-refractivity contribution in [2.24, 2.45) is 17.8 Å². The first kappa shape index (κ1) is 19.2. The number of β-lactam (4-membered cyclic amide) rings is 1. The highest BCUT2D eigenvalue weighted by molar-refractivity contribution is 8.03. The summed E-state index contributed by atoms with van der Waals surface area (Å²) in [4.78, 5) is 29.0. The molecule has 3 saturated heterocycles. The highest BCUT2D eigenvalue weighted by Crippen LogP contribution is 2.51. The van der Waals surface area contributed by atoms with Crippen LogP contribution in [0.4, 0.5) is 0 Å². The van der Waals surface area contributed by atoms with Crippen molar-refractivity contribution in [3.8, 4) is 0 Å². The van der Waals surface area contributed by atoms with Crippen LogP contribution in [0, 0.1) is 17.8 Å². The molecule has 4 aliphatic rings. The van der Waals surface area contributed by atoms with E-state index in [9.17, 15) is 19.8 Å². The summed E-state index contributed by atoms with van der Waals surface area (Å²) < 4.78 is 0. The molecule has 0 aliphatic carbocycles. The maximum absolute atomic E-state index is 12.4. The molecule has 27 heavy (non-hydrogen) atoms. The number of hydrogen-bond donors (Lipinski definition) is 3. The van der Waals surface area contributed by atoms with E-state index in [0.717, 1.165) is 50.0 Å². The molecule has 7 nitrogen and oxygen atoms in total. The number of likely N-dealkylation sites (tertiary alicyclic amines) is 1. The van der Waals surface area contributed by atoms with E-state index in [-0.39, 0.29) is 23.6 Å². The Kier molecular flexibility index (Phi) is 5.26. The number of aliphatic hydroxyl groups is 1. The molecule has 3 N–H and O–H groups in total. The first-order valence-electron chi connectivity index (χ1n) is 9.96. The Morgan fingerprint density at radius 2 is 2.19 bits per heavy atom. The third kappa shape index (κ3) is 3.30. The van der Waals surface area contributed by atoms with Crippen molar-refractivity contribution < 1.29 is 19.8 Å². The molecule has 0 unspecified atom stereocenters. The molecule has 0 aromatic heterocycles. The molecule has 4 rings (SSSR count). The van der Waals surface area contributed by atoms with E-state index < -0.39 is 18.0 Å². The van der Waals surface area contributed by atoms with Crippen molar-refractivity contribution in [3.05, 3.63) is 10.6 Å². The third-order valence-corrected chi connectivity index (χ3v) is 8.05. The smallest absolute Gasteiger partial charge is 0.353 e. The van der Waals surface area contributed by atoms with Crippen LogP contribution in [0.1, 0.15) is 26.7 Å². The summed E-state index contributed by atoms with van der Waals surface area (Å²) >= 11 is 1.65. The van der Waals surface area contributed by atoms with Crippen molar-refractivity contribution in [2.45, 2.75) is 44.1 Å². The predicted octanol–water partition coefficient (Wildman–Crippen LogP) is 0.557. The number of hydrogen-bond acceptors (Lipinski definition) is 6. The first-order valence-corrected chi connectivity index (χ1v) is 10.8. The van der Waals surface area contributed by atoms with Crippen molar-refractivity contribution in [1.82, 2.24) is 15.1 Å². The Balaban J connectivity index is 1.45. The number of nitrogens with zero attached hydrogens (tertiary/aromatic N) is 2. The van der Waals surface area contributed by atoms with Crippen LogP contribution >= 0.6 is 11.8 Å². The minimum Gasteiger partial charge on any atom is -0.477 e. The lowest BCUT2D eigenvalue weighted by Crippen LogP contribution is -2.63. The van der Waals surface area contributed by atoms with Gasteiger partial charge in [0.2, 0.25) is 5.91 Å². The van der Waals surface area contributed by atoms with Crippen LogP contribution in [-0.4, -0.2) is 82.0 Å². The quantitative estimate of drug-likeness (QED) is 0.566. The Bertz CT molecular complexity index is 661. The van der Waals surface area contributed by atoms with Gasteiger partial charge in [0.25, 0.3) is 0 Å². The van der Waals surface area contributed by atoms with Gasteiger partial charge in [0, 0.05) is 29.2 Å². The molecule has 150 valence electrons. The standard InChI is InChI=1S/C19H29N3O4S/c1-10-15-14(11(2)23)18(24)22(15)16(19(25)26)17(10)27-13-4-6-21(9-13)8-12-3-5-20-7-12/h10-15,20,23H,3-9H2,1-2H3,(H,25,26)/t10-,11-,12-,13-,14-,15-/m1/s1. The summed E-state index contributed by atoms with van der Waals surface area (Å²) in [5.74, 6) is -1.08. The molecule has 4 aliphatic heterocycles. The van der Waals surface area contributed by atoms with E-state index in [4.69, 9.17) is 0 Å². The molecule has 8 heteroatoms. The predicted molar refractivity (Wildman–Crippen MR) is 103 cm³/mol. The van der Waals surface area contributed by atoms with Crippen molar-refractivity contribution in [2.75, 3.05) is 32.7 Å². The summed E-state index contributed by atoms with van der Waals surface area (Å²) in [5, 5.41) is 23.5. The number of aliphatic carboxylic acids is 1. The summed E-state index contributed by atoms with van der Waals surface area (Å²) in [6.07, 6.45) is 1.54. The number of carbonyl (C=O) groups is 2.